The van der Waals surface area contributed by atoms with E-state index in [0.717, 1.165) is 30.2 Å². The maximum Gasteiger partial charge on any atom is 0.240 e. The average molecular weight is 332 g/mol. The number of benzene rings is 1. The van der Waals surface area contributed by atoms with Crippen LogP contribution in [0.3, 0.4) is 0 Å². The van der Waals surface area contributed by atoms with Gasteiger partial charge in [0.25, 0.3) is 0 Å². The van der Waals surface area contributed by atoms with Gasteiger partial charge in [0.05, 0.1) is 4.90 Å². The van der Waals surface area contributed by atoms with Crippen molar-refractivity contribution in [3.8, 4) is 0 Å². The molecular formula is C13H18BrNO2S. The van der Waals surface area contributed by atoms with E-state index in [1.54, 1.807) is 12.1 Å². The third-order valence-corrected chi connectivity index (χ3v) is 5.56. The summed E-state index contributed by atoms with van der Waals surface area (Å²) >= 11 is 3.42. The average Bonchev–Trinajstić information content (AvgIpc) is 3.08. The molecule has 0 amide bonds. The summed E-state index contributed by atoms with van der Waals surface area (Å²) in [6, 6.07) is 7.08. The highest BCUT2D eigenvalue weighted by atomic mass is 79.9. The molecule has 0 unspecified atom stereocenters. The summed E-state index contributed by atoms with van der Waals surface area (Å²) in [5, 5.41) is 0.930. The molecule has 100 valence electrons. The van der Waals surface area contributed by atoms with E-state index in [9.17, 15) is 8.42 Å². The van der Waals surface area contributed by atoms with Gasteiger partial charge in [-0.2, -0.15) is 0 Å². The van der Waals surface area contributed by atoms with Crippen LogP contribution in [0.2, 0.25) is 0 Å². The van der Waals surface area contributed by atoms with Crippen molar-refractivity contribution in [1.29, 1.82) is 0 Å². The van der Waals surface area contributed by atoms with Crippen molar-refractivity contribution in [2.24, 2.45) is 5.41 Å². The van der Waals surface area contributed by atoms with Crippen LogP contribution in [0, 0.1) is 12.3 Å². The highest BCUT2D eigenvalue weighted by Crippen LogP contribution is 2.48. The Balaban J connectivity index is 2.07. The van der Waals surface area contributed by atoms with Crippen molar-refractivity contribution >= 4 is 26.0 Å². The second kappa shape index (κ2) is 5.31. The predicted molar refractivity (Wildman–Crippen MR) is 76.4 cm³/mol. The minimum atomic E-state index is -3.37. The van der Waals surface area contributed by atoms with Crippen molar-refractivity contribution < 1.29 is 8.42 Å². The second-order valence-corrected chi connectivity index (χ2v) is 7.56. The zero-order valence-electron chi connectivity index (χ0n) is 10.4. The predicted octanol–water partition coefficient (Wildman–Crippen LogP) is 2.84. The Kier molecular flexibility index (Phi) is 4.14. The Bertz CT molecular complexity index is 524. The van der Waals surface area contributed by atoms with Gasteiger partial charge in [0, 0.05) is 11.9 Å². The maximum atomic E-state index is 12.2. The molecule has 1 aliphatic carbocycles. The van der Waals surface area contributed by atoms with E-state index in [4.69, 9.17) is 0 Å². The fraction of sp³-hybridized carbons (Fsp3) is 0.538. The topological polar surface area (TPSA) is 46.2 Å². The SMILES string of the molecule is Cc1ccccc1S(=O)(=O)NCC1(CCBr)CC1. The highest BCUT2D eigenvalue weighted by Gasteiger charge is 2.42. The molecule has 0 aliphatic heterocycles. The summed E-state index contributed by atoms with van der Waals surface area (Å²) in [5.41, 5.74) is 0.981. The minimum Gasteiger partial charge on any atom is -0.211 e. The van der Waals surface area contributed by atoms with Crippen LogP contribution in [0.4, 0.5) is 0 Å². The summed E-state index contributed by atoms with van der Waals surface area (Å²) in [4.78, 5) is 0.389. The summed E-state index contributed by atoms with van der Waals surface area (Å²) in [5.74, 6) is 0. The number of sulfonamides is 1. The molecule has 1 fully saturated rings. The fourth-order valence-electron chi connectivity index (χ4n) is 2.08. The molecule has 18 heavy (non-hydrogen) atoms. The van der Waals surface area contributed by atoms with Crippen LogP contribution < -0.4 is 4.72 Å². The lowest BCUT2D eigenvalue weighted by molar-refractivity contribution is 0.480. The van der Waals surface area contributed by atoms with E-state index in [1.165, 1.54) is 0 Å². The van der Waals surface area contributed by atoms with E-state index < -0.39 is 10.0 Å². The quantitative estimate of drug-likeness (QED) is 0.814. The van der Waals surface area contributed by atoms with Crippen LogP contribution in [-0.2, 0) is 10.0 Å². The van der Waals surface area contributed by atoms with Gasteiger partial charge >= 0.3 is 0 Å². The molecule has 1 N–H and O–H groups in total. The number of hydrogen-bond donors (Lipinski definition) is 1. The molecule has 0 aromatic heterocycles. The van der Waals surface area contributed by atoms with E-state index in [0.29, 0.717) is 11.4 Å². The summed E-state index contributed by atoms with van der Waals surface area (Å²) in [7, 11) is -3.37. The number of alkyl halides is 1. The Labute approximate surface area is 117 Å². The van der Waals surface area contributed by atoms with Gasteiger partial charge in [-0.05, 0) is 43.2 Å². The van der Waals surface area contributed by atoms with Crippen LogP contribution in [0.15, 0.2) is 29.2 Å². The van der Waals surface area contributed by atoms with Gasteiger partial charge in [-0.25, -0.2) is 13.1 Å². The molecule has 1 aromatic rings. The molecule has 1 saturated carbocycles. The number of nitrogens with one attached hydrogen (secondary N) is 1. The largest absolute Gasteiger partial charge is 0.240 e. The van der Waals surface area contributed by atoms with Gasteiger partial charge in [-0.3, -0.25) is 0 Å². The van der Waals surface area contributed by atoms with Crippen molar-refractivity contribution in [1.82, 2.24) is 4.72 Å². The normalized spacial score (nSPS) is 17.7. The number of hydrogen-bond acceptors (Lipinski definition) is 2. The Morgan fingerprint density at radius 2 is 2.00 bits per heavy atom. The first-order valence-corrected chi connectivity index (χ1v) is 8.71. The Hall–Kier alpha value is -0.390. The molecule has 1 aromatic carbocycles. The van der Waals surface area contributed by atoms with E-state index in [1.807, 2.05) is 19.1 Å². The third kappa shape index (κ3) is 3.13. The fourth-order valence-corrected chi connectivity index (χ4v) is 4.32. The van der Waals surface area contributed by atoms with Gasteiger partial charge in [-0.1, -0.05) is 34.1 Å². The van der Waals surface area contributed by atoms with Crippen LogP contribution in [0.5, 0.6) is 0 Å². The first-order chi connectivity index (χ1) is 8.49. The number of halogens is 1. The smallest absolute Gasteiger partial charge is 0.211 e. The van der Waals surface area contributed by atoms with Crippen molar-refractivity contribution in [3.63, 3.8) is 0 Å². The van der Waals surface area contributed by atoms with Crippen LogP contribution in [0.1, 0.15) is 24.8 Å². The molecule has 0 heterocycles. The van der Waals surface area contributed by atoms with Gasteiger partial charge in [0.15, 0.2) is 0 Å². The van der Waals surface area contributed by atoms with Crippen LogP contribution in [0.25, 0.3) is 0 Å². The second-order valence-electron chi connectivity index (χ2n) is 5.03. The van der Waals surface area contributed by atoms with Crippen molar-refractivity contribution in [2.75, 3.05) is 11.9 Å². The molecule has 1 aliphatic rings. The summed E-state index contributed by atoms with van der Waals surface area (Å²) < 4.78 is 27.2. The van der Waals surface area contributed by atoms with Gasteiger partial charge < -0.3 is 0 Å². The van der Waals surface area contributed by atoms with Gasteiger partial charge in [0.2, 0.25) is 10.0 Å². The molecule has 3 nitrogen and oxygen atoms in total. The minimum absolute atomic E-state index is 0.194. The maximum absolute atomic E-state index is 12.2. The van der Waals surface area contributed by atoms with E-state index in [2.05, 4.69) is 20.7 Å². The summed E-state index contributed by atoms with van der Waals surface area (Å²) in [6.45, 7) is 2.37. The third-order valence-electron chi connectivity index (χ3n) is 3.60. The summed E-state index contributed by atoms with van der Waals surface area (Å²) in [6.07, 6.45) is 3.27. The molecule has 0 spiro atoms. The molecule has 0 atom stereocenters. The Morgan fingerprint density at radius 1 is 1.33 bits per heavy atom. The molecule has 0 radical (unpaired) electrons. The Morgan fingerprint density at radius 3 is 2.56 bits per heavy atom. The van der Waals surface area contributed by atoms with Gasteiger partial charge in [-0.15, -0.1) is 0 Å². The first kappa shape index (κ1) is 14.0. The lowest BCUT2D eigenvalue weighted by Crippen LogP contribution is -2.31. The van der Waals surface area contributed by atoms with Crippen LogP contribution in [-0.4, -0.2) is 20.3 Å². The van der Waals surface area contributed by atoms with Crippen molar-refractivity contribution in [2.45, 2.75) is 31.1 Å². The molecule has 2 rings (SSSR count). The number of rotatable bonds is 6. The number of aryl methyl sites for hydroxylation is 1. The van der Waals surface area contributed by atoms with Gasteiger partial charge in [0.1, 0.15) is 0 Å². The molecule has 0 bridgehead atoms. The zero-order valence-corrected chi connectivity index (χ0v) is 12.9. The standard InChI is InChI=1S/C13H18BrNO2S/c1-11-4-2-3-5-12(11)18(16,17)15-10-13(6-7-13)8-9-14/h2-5,15H,6-10H2,1H3. The first-order valence-electron chi connectivity index (χ1n) is 6.10. The molecule has 5 heteroatoms. The monoisotopic (exact) mass is 331 g/mol. The molecular weight excluding hydrogens is 314 g/mol. The lowest BCUT2D eigenvalue weighted by Gasteiger charge is -2.15. The zero-order chi connectivity index (χ0) is 13.2. The van der Waals surface area contributed by atoms with E-state index >= 15 is 0 Å². The van der Waals surface area contributed by atoms with Crippen LogP contribution >= 0.6 is 15.9 Å². The lowest BCUT2D eigenvalue weighted by atomic mass is 10.1. The molecule has 0 saturated heterocycles. The van der Waals surface area contributed by atoms with Crippen molar-refractivity contribution in [3.05, 3.63) is 29.8 Å². The van der Waals surface area contributed by atoms with E-state index in [-0.39, 0.29) is 5.41 Å². The highest BCUT2D eigenvalue weighted by molar-refractivity contribution is 9.09.